The van der Waals surface area contributed by atoms with Gasteiger partial charge < -0.3 is 9.72 Å². The summed E-state index contributed by atoms with van der Waals surface area (Å²) in [6.07, 6.45) is 12.3. The molecule has 0 amide bonds. The van der Waals surface area contributed by atoms with Crippen molar-refractivity contribution in [2.75, 3.05) is 7.11 Å². The number of ether oxygens (including phenoxy) is 1. The zero-order valence-electron chi connectivity index (χ0n) is 10.5. The summed E-state index contributed by atoms with van der Waals surface area (Å²) in [4.78, 5) is 18.1. The lowest BCUT2D eigenvalue weighted by atomic mass is 10.2. The molecule has 4 heteroatoms. The number of aromatic nitrogens is 2. The maximum atomic E-state index is 11.0. The van der Waals surface area contributed by atoms with Crippen molar-refractivity contribution >= 4 is 24.2 Å². The van der Waals surface area contributed by atoms with Crippen LogP contribution in [0.5, 0.6) is 0 Å². The second kappa shape index (κ2) is 6.35. The second-order valence-electron chi connectivity index (χ2n) is 3.86. The summed E-state index contributed by atoms with van der Waals surface area (Å²) in [7, 11) is 1.35. The molecule has 4 nitrogen and oxygen atoms in total. The normalized spacial score (nSPS) is 11.2. The summed E-state index contributed by atoms with van der Waals surface area (Å²) in [6.45, 7) is 0. The van der Waals surface area contributed by atoms with Gasteiger partial charge in [-0.05, 0) is 35.4 Å². The smallest absolute Gasteiger partial charge is 0.330 e. The summed E-state index contributed by atoms with van der Waals surface area (Å²) in [5, 5.41) is 0. The highest BCUT2D eigenvalue weighted by Gasteiger charge is 1.95. The number of methoxy groups -OCH3 is 1. The number of aromatic amines is 1. The molecule has 2 rings (SSSR count). The van der Waals surface area contributed by atoms with E-state index in [1.165, 1.54) is 13.2 Å². The molecule has 0 unspecified atom stereocenters. The van der Waals surface area contributed by atoms with Crippen molar-refractivity contribution in [1.82, 2.24) is 9.97 Å². The van der Waals surface area contributed by atoms with Gasteiger partial charge in [0.2, 0.25) is 0 Å². The van der Waals surface area contributed by atoms with Crippen molar-refractivity contribution in [3.8, 4) is 0 Å². The number of rotatable bonds is 4. The van der Waals surface area contributed by atoms with Crippen molar-refractivity contribution in [2.45, 2.75) is 0 Å². The third kappa shape index (κ3) is 3.96. The fourth-order valence-corrected chi connectivity index (χ4v) is 1.51. The first-order valence-corrected chi connectivity index (χ1v) is 5.80. The third-order valence-corrected chi connectivity index (χ3v) is 2.48. The maximum Gasteiger partial charge on any atom is 0.330 e. The van der Waals surface area contributed by atoms with Crippen LogP contribution in [0.2, 0.25) is 0 Å². The van der Waals surface area contributed by atoms with Crippen LogP contribution in [0.25, 0.3) is 18.2 Å². The Balaban J connectivity index is 2.03. The van der Waals surface area contributed by atoms with E-state index in [9.17, 15) is 4.79 Å². The quantitative estimate of drug-likeness (QED) is 0.674. The first-order valence-electron chi connectivity index (χ1n) is 5.80. The lowest BCUT2D eigenvalue weighted by Crippen LogP contribution is -1.92. The van der Waals surface area contributed by atoms with Crippen LogP contribution in [0.15, 0.2) is 42.9 Å². The minimum atomic E-state index is -0.367. The molecule has 0 aliphatic rings. The number of hydrogen-bond donors (Lipinski definition) is 1. The molecule has 0 atom stereocenters. The zero-order chi connectivity index (χ0) is 13.5. The van der Waals surface area contributed by atoms with Gasteiger partial charge >= 0.3 is 5.97 Å². The van der Waals surface area contributed by atoms with Crippen LogP contribution in [-0.4, -0.2) is 23.0 Å². The Kier molecular flexibility index (Phi) is 4.29. The average molecular weight is 254 g/mol. The Labute approximate surface area is 111 Å². The monoisotopic (exact) mass is 254 g/mol. The first kappa shape index (κ1) is 12.8. The Bertz CT molecular complexity index is 598. The predicted molar refractivity (Wildman–Crippen MR) is 75.0 cm³/mol. The molecule has 96 valence electrons. The standard InChI is InChI=1S/C15H14N2O2/c1-19-15(18)7-5-13-9-14(17-11-13)6-4-12-3-2-8-16-10-12/h2-11,17H,1H3/b6-4-,7-5+. The molecule has 0 aliphatic carbocycles. The Morgan fingerprint density at radius 3 is 2.95 bits per heavy atom. The molecule has 1 N–H and O–H groups in total. The van der Waals surface area contributed by atoms with Gasteiger partial charge in [-0.25, -0.2) is 4.79 Å². The molecule has 0 aromatic carbocycles. The molecule has 0 radical (unpaired) electrons. The third-order valence-electron chi connectivity index (χ3n) is 2.48. The zero-order valence-corrected chi connectivity index (χ0v) is 10.5. The van der Waals surface area contributed by atoms with E-state index in [1.807, 2.05) is 36.5 Å². The van der Waals surface area contributed by atoms with Crippen molar-refractivity contribution in [3.05, 3.63) is 59.7 Å². The topological polar surface area (TPSA) is 55.0 Å². The number of nitrogens with one attached hydrogen (secondary N) is 1. The van der Waals surface area contributed by atoms with Gasteiger partial charge in [-0.3, -0.25) is 4.98 Å². The number of pyridine rings is 1. The van der Waals surface area contributed by atoms with Crippen molar-refractivity contribution in [2.24, 2.45) is 0 Å². The molecule has 2 aromatic rings. The van der Waals surface area contributed by atoms with Gasteiger partial charge in [-0.1, -0.05) is 12.1 Å². The number of nitrogens with zero attached hydrogens (tertiary/aromatic N) is 1. The van der Waals surface area contributed by atoms with Crippen molar-refractivity contribution < 1.29 is 9.53 Å². The van der Waals surface area contributed by atoms with Gasteiger partial charge in [0.05, 0.1) is 7.11 Å². The van der Waals surface area contributed by atoms with Gasteiger partial charge in [0.25, 0.3) is 0 Å². The Morgan fingerprint density at radius 2 is 2.21 bits per heavy atom. The summed E-state index contributed by atoms with van der Waals surface area (Å²) in [5.41, 5.74) is 2.90. The molecule has 19 heavy (non-hydrogen) atoms. The van der Waals surface area contributed by atoms with Gasteiger partial charge in [0.1, 0.15) is 0 Å². The van der Waals surface area contributed by atoms with Crippen LogP contribution >= 0.6 is 0 Å². The predicted octanol–water partition coefficient (Wildman–Crippen LogP) is 2.77. The second-order valence-corrected chi connectivity index (χ2v) is 3.86. The van der Waals surface area contributed by atoms with Gasteiger partial charge in [0, 0.05) is 30.4 Å². The van der Waals surface area contributed by atoms with E-state index in [0.717, 1.165) is 16.8 Å². The average Bonchev–Trinajstić information content (AvgIpc) is 2.91. The molecular weight excluding hydrogens is 240 g/mol. The maximum absolute atomic E-state index is 11.0. The van der Waals surface area contributed by atoms with Crippen molar-refractivity contribution in [3.63, 3.8) is 0 Å². The molecule has 0 saturated heterocycles. The largest absolute Gasteiger partial charge is 0.466 e. The van der Waals surface area contributed by atoms with Crippen LogP contribution in [-0.2, 0) is 9.53 Å². The molecule has 0 bridgehead atoms. The SMILES string of the molecule is COC(=O)/C=C/c1c[nH]c(/C=C\c2cccnc2)c1. The Morgan fingerprint density at radius 1 is 1.32 bits per heavy atom. The number of esters is 1. The first-order chi connectivity index (χ1) is 9.28. The molecule has 0 spiro atoms. The van der Waals surface area contributed by atoms with Gasteiger partial charge in [-0.2, -0.15) is 0 Å². The molecule has 0 aliphatic heterocycles. The van der Waals surface area contributed by atoms with Crippen LogP contribution in [0.4, 0.5) is 0 Å². The fourth-order valence-electron chi connectivity index (χ4n) is 1.51. The summed E-state index contributed by atoms with van der Waals surface area (Å²) < 4.78 is 4.53. The van der Waals surface area contributed by atoms with Gasteiger partial charge in [-0.15, -0.1) is 0 Å². The summed E-state index contributed by atoms with van der Waals surface area (Å²) >= 11 is 0. The van der Waals surface area contributed by atoms with Crippen LogP contribution in [0, 0.1) is 0 Å². The molecule has 2 aromatic heterocycles. The van der Waals surface area contributed by atoms with E-state index in [4.69, 9.17) is 0 Å². The number of H-pyrrole nitrogens is 1. The summed E-state index contributed by atoms with van der Waals surface area (Å²) in [6, 6.07) is 5.80. The highest BCUT2D eigenvalue weighted by atomic mass is 16.5. The van der Waals surface area contributed by atoms with E-state index in [0.29, 0.717) is 0 Å². The van der Waals surface area contributed by atoms with E-state index < -0.39 is 0 Å². The minimum absolute atomic E-state index is 0.367. The molecule has 0 saturated carbocycles. The minimum Gasteiger partial charge on any atom is -0.466 e. The fraction of sp³-hybridized carbons (Fsp3) is 0.0667. The van der Waals surface area contributed by atoms with Crippen LogP contribution in [0.3, 0.4) is 0 Å². The number of hydrogen-bond acceptors (Lipinski definition) is 3. The number of carbonyl (C=O) groups excluding carboxylic acids is 1. The van der Waals surface area contributed by atoms with E-state index in [1.54, 1.807) is 18.5 Å². The van der Waals surface area contributed by atoms with E-state index in [-0.39, 0.29) is 5.97 Å². The summed E-state index contributed by atoms with van der Waals surface area (Å²) in [5.74, 6) is -0.367. The van der Waals surface area contributed by atoms with Gasteiger partial charge in [0.15, 0.2) is 0 Å². The molecule has 0 fully saturated rings. The molecular formula is C15H14N2O2. The number of carbonyl (C=O) groups is 1. The lowest BCUT2D eigenvalue weighted by Gasteiger charge is -1.89. The van der Waals surface area contributed by atoms with Crippen molar-refractivity contribution in [1.29, 1.82) is 0 Å². The van der Waals surface area contributed by atoms with Crippen LogP contribution in [0.1, 0.15) is 16.8 Å². The Hall–Kier alpha value is -2.62. The highest BCUT2D eigenvalue weighted by Crippen LogP contribution is 2.09. The highest BCUT2D eigenvalue weighted by molar-refractivity contribution is 5.87. The van der Waals surface area contributed by atoms with E-state index in [2.05, 4.69) is 14.7 Å². The van der Waals surface area contributed by atoms with E-state index >= 15 is 0 Å². The molecule has 2 heterocycles. The van der Waals surface area contributed by atoms with Crippen LogP contribution < -0.4 is 0 Å². The lowest BCUT2D eigenvalue weighted by molar-refractivity contribution is -0.134.